The normalized spacial score (nSPS) is 16.7. The summed E-state index contributed by atoms with van der Waals surface area (Å²) in [6, 6.07) is 9.52. The van der Waals surface area contributed by atoms with E-state index in [2.05, 4.69) is 0 Å². The highest BCUT2D eigenvalue weighted by Crippen LogP contribution is 2.43. The van der Waals surface area contributed by atoms with Crippen LogP contribution in [0.25, 0.3) is 0 Å². The number of nitrogens with zero attached hydrogens (tertiary/aromatic N) is 2. The molecule has 7 heteroatoms. The Morgan fingerprint density at radius 1 is 1.22 bits per heavy atom. The molecule has 0 bridgehead atoms. The van der Waals surface area contributed by atoms with Gasteiger partial charge in [-0.15, -0.1) is 11.8 Å². The molecule has 0 aliphatic carbocycles. The number of thioether (sulfide) groups is 1. The highest BCUT2D eigenvalue weighted by Gasteiger charge is 2.38. The molecule has 0 radical (unpaired) electrons. The van der Waals surface area contributed by atoms with Gasteiger partial charge < -0.3 is 18.9 Å². The molecule has 2 aromatic rings. The molecular formula is C20H24N2O4S. The number of para-hydroxylation sites is 1. The van der Waals surface area contributed by atoms with Gasteiger partial charge in [0, 0.05) is 24.0 Å². The van der Waals surface area contributed by atoms with Crippen molar-refractivity contribution < 1.29 is 19.1 Å². The van der Waals surface area contributed by atoms with Crippen molar-refractivity contribution in [2.45, 2.75) is 19.2 Å². The lowest BCUT2D eigenvalue weighted by Gasteiger charge is -2.25. The molecule has 2 heterocycles. The van der Waals surface area contributed by atoms with Crippen LogP contribution in [0.1, 0.15) is 32.7 Å². The second kappa shape index (κ2) is 8.08. The molecule has 6 nitrogen and oxygen atoms in total. The molecule has 0 saturated carbocycles. The van der Waals surface area contributed by atoms with Crippen LogP contribution in [0.15, 0.2) is 30.3 Å². The van der Waals surface area contributed by atoms with E-state index in [1.165, 1.54) is 18.9 Å². The number of carbonyl (C=O) groups excluding carboxylic acids is 2. The predicted octanol–water partition coefficient (Wildman–Crippen LogP) is 3.08. The van der Waals surface area contributed by atoms with E-state index in [4.69, 9.17) is 9.47 Å². The molecule has 1 aliphatic heterocycles. The Kier molecular flexibility index (Phi) is 5.79. The molecule has 1 amide bonds. The Balaban J connectivity index is 1.84. The Morgan fingerprint density at radius 3 is 2.59 bits per heavy atom. The van der Waals surface area contributed by atoms with Crippen molar-refractivity contribution in [2.75, 3.05) is 26.0 Å². The van der Waals surface area contributed by atoms with Gasteiger partial charge in [-0.05, 0) is 26.0 Å². The molecule has 1 aliphatic rings. The molecule has 1 unspecified atom stereocenters. The predicted molar refractivity (Wildman–Crippen MR) is 105 cm³/mol. The zero-order valence-corrected chi connectivity index (χ0v) is 16.8. The fourth-order valence-electron chi connectivity index (χ4n) is 3.35. The van der Waals surface area contributed by atoms with E-state index in [1.54, 1.807) is 4.90 Å². The van der Waals surface area contributed by atoms with Crippen LogP contribution in [0, 0.1) is 13.8 Å². The second-order valence-electron chi connectivity index (χ2n) is 6.42. The van der Waals surface area contributed by atoms with Gasteiger partial charge in [-0.25, -0.2) is 4.79 Å². The van der Waals surface area contributed by atoms with Crippen molar-refractivity contribution in [1.82, 2.24) is 9.47 Å². The van der Waals surface area contributed by atoms with Crippen molar-refractivity contribution in [3.63, 3.8) is 0 Å². The van der Waals surface area contributed by atoms with Crippen LogP contribution >= 0.6 is 11.8 Å². The van der Waals surface area contributed by atoms with E-state index in [0.717, 1.165) is 22.7 Å². The molecule has 1 aromatic carbocycles. The number of rotatable bonds is 6. The van der Waals surface area contributed by atoms with Crippen LogP contribution in [0.2, 0.25) is 0 Å². The van der Waals surface area contributed by atoms with E-state index in [0.29, 0.717) is 24.5 Å². The van der Waals surface area contributed by atoms with Gasteiger partial charge in [-0.3, -0.25) is 4.79 Å². The molecular weight excluding hydrogens is 364 g/mol. The molecule has 0 N–H and O–H groups in total. The maximum absolute atomic E-state index is 12.5. The molecule has 1 aromatic heterocycles. The fourth-order valence-corrected chi connectivity index (χ4v) is 4.68. The first-order valence-corrected chi connectivity index (χ1v) is 9.83. The Hall–Kier alpha value is -2.41. The van der Waals surface area contributed by atoms with Crippen molar-refractivity contribution in [1.29, 1.82) is 0 Å². The van der Waals surface area contributed by atoms with E-state index in [1.807, 2.05) is 55.8 Å². The maximum atomic E-state index is 12.5. The zero-order chi connectivity index (χ0) is 19.6. The highest BCUT2D eigenvalue weighted by atomic mass is 32.2. The standard InChI is InChI=1S/C20H24N2O4S/c1-13-17(18(20(24)25-4)14(2)21(13)3)19-22(16(23)12-27-19)10-11-26-15-8-6-5-7-9-15/h5-9,19H,10-12H2,1-4H3. The Bertz CT molecular complexity index is 847. The first kappa shape index (κ1) is 19.4. The average molecular weight is 388 g/mol. The third-order valence-corrected chi connectivity index (χ3v) is 6.20. The van der Waals surface area contributed by atoms with Gasteiger partial charge in [-0.1, -0.05) is 18.2 Å². The third-order valence-electron chi connectivity index (χ3n) is 4.98. The van der Waals surface area contributed by atoms with Gasteiger partial charge in [0.25, 0.3) is 0 Å². The summed E-state index contributed by atoms with van der Waals surface area (Å²) in [4.78, 5) is 26.7. The minimum Gasteiger partial charge on any atom is -0.492 e. The lowest BCUT2D eigenvalue weighted by Crippen LogP contribution is -2.33. The minimum atomic E-state index is -0.369. The summed E-state index contributed by atoms with van der Waals surface area (Å²) in [5, 5.41) is -0.217. The molecule has 27 heavy (non-hydrogen) atoms. The van der Waals surface area contributed by atoms with Crippen LogP contribution in [-0.4, -0.2) is 47.4 Å². The van der Waals surface area contributed by atoms with Gasteiger partial charge in [0.05, 0.1) is 25.0 Å². The monoisotopic (exact) mass is 388 g/mol. The first-order chi connectivity index (χ1) is 13.0. The summed E-state index contributed by atoms with van der Waals surface area (Å²) in [7, 11) is 3.30. The van der Waals surface area contributed by atoms with Crippen LogP contribution in [0.3, 0.4) is 0 Å². The average Bonchev–Trinajstić information content (AvgIpc) is 3.14. The third kappa shape index (κ3) is 3.69. The number of carbonyl (C=O) groups is 2. The first-order valence-electron chi connectivity index (χ1n) is 8.78. The highest BCUT2D eigenvalue weighted by molar-refractivity contribution is 8.00. The number of hydrogen-bond acceptors (Lipinski definition) is 5. The SMILES string of the molecule is COC(=O)c1c(C2SCC(=O)N2CCOc2ccccc2)c(C)n(C)c1C. The Labute approximate surface area is 163 Å². The van der Waals surface area contributed by atoms with Gasteiger partial charge >= 0.3 is 5.97 Å². The molecule has 144 valence electrons. The van der Waals surface area contributed by atoms with Crippen LogP contribution in [-0.2, 0) is 16.6 Å². The maximum Gasteiger partial charge on any atom is 0.340 e. The van der Waals surface area contributed by atoms with Crippen molar-refractivity contribution >= 4 is 23.6 Å². The largest absolute Gasteiger partial charge is 0.492 e. The van der Waals surface area contributed by atoms with E-state index in [-0.39, 0.29) is 17.3 Å². The quantitative estimate of drug-likeness (QED) is 0.712. The number of esters is 1. The summed E-state index contributed by atoms with van der Waals surface area (Å²) in [5.41, 5.74) is 3.22. The molecule has 1 atom stereocenters. The number of methoxy groups -OCH3 is 1. The van der Waals surface area contributed by atoms with Crippen LogP contribution in [0.5, 0.6) is 5.75 Å². The summed E-state index contributed by atoms with van der Waals surface area (Å²) < 4.78 is 12.7. The van der Waals surface area contributed by atoms with Crippen LogP contribution in [0.4, 0.5) is 0 Å². The van der Waals surface area contributed by atoms with Gasteiger partial charge in [0.15, 0.2) is 0 Å². The second-order valence-corrected chi connectivity index (χ2v) is 7.49. The van der Waals surface area contributed by atoms with Gasteiger partial charge in [0.2, 0.25) is 5.91 Å². The van der Waals surface area contributed by atoms with Gasteiger partial charge in [-0.2, -0.15) is 0 Å². The summed E-state index contributed by atoms with van der Waals surface area (Å²) in [5.74, 6) is 0.852. The smallest absolute Gasteiger partial charge is 0.340 e. The number of benzene rings is 1. The van der Waals surface area contributed by atoms with E-state index < -0.39 is 0 Å². The molecule has 1 saturated heterocycles. The zero-order valence-electron chi connectivity index (χ0n) is 16.0. The lowest BCUT2D eigenvalue weighted by molar-refractivity contribution is -0.128. The lowest BCUT2D eigenvalue weighted by atomic mass is 10.1. The number of aromatic nitrogens is 1. The molecule has 3 rings (SSSR count). The van der Waals surface area contributed by atoms with Crippen molar-refractivity contribution in [2.24, 2.45) is 7.05 Å². The number of amides is 1. The summed E-state index contributed by atoms with van der Waals surface area (Å²) in [6.45, 7) is 4.72. The van der Waals surface area contributed by atoms with Crippen molar-refractivity contribution in [3.05, 3.63) is 52.8 Å². The van der Waals surface area contributed by atoms with Crippen LogP contribution < -0.4 is 4.74 Å². The Morgan fingerprint density at radius 2 is 1.93 bits per heavy atom. The topological polar surface area (TPSA) is 60.8 Å². The van der Waals surface area contributed by atoms with Gasteiger partial charge in [0.1, 0.15) is 17.7 Å². The number of hydrogen-bond donors (Lipinski definition) is 0. The van der Waals surface area contributed by atoms with Crippen molar-refractivity contribution in [3.8, 4) is 5.75 Å². The van der Waals surface area contributed by atoms with E-state index >= 15 is 0 Å². The molecule has 0 spiro atoms. The van der Waals surface area contributed by atoms with E-state index in [9.17, 15) is 9.59 Å². The minimum absolute atomic E-state index is 0.0541. The summed E-state index contributed by atoms with van der Waals surface area (Å²) >= 11 is 1.54. The number of ether oxygens (including phenoxy) is 2. The summed E-state index contributed by atoms with van der Waals surface area (Å²) in [6.07, 6.45) is 0. The molecule has 1 fully saturated rings. The fraction of sp³-hybridized carbons (Fsp3) is 0.400.